The van der Waals surface area contributed by atoms with E-state index in [0.29, 0.717) is 5.69 Å². The summed E-state index contributed by atoms with van der Waals surface area (Å²) < 4.78 is 26.1. The van der Waals surface area contributed by atoms with E-state index < -0.39 is 10.8 Å². The first-order valence-electron chi connectivity index (χ1n) is 5.74. The zero-order chi connectivity index (χ0) is 14.0. The molecule has 5 nitrogen and oxygen atoms in total. The van der Waals surface area contributed by atoms with Crippen molar-refractivity contribution < 1.29 is 13.7 Å². The van der Waals surface area contributed by atoms with Gasteiger partial charge in [-0.15, -0.1) is 0 Å². The molecule has 0 spiro atoms. The van der Waals surface area contributed by atoms with Crippen LogP contribution < -0.4 is 4.90 Å². The number of benzene rings is 1. The smallest absolute Gasteiger partial charge is 0.293 e. The predicted molar refractivity (Wildman–Crippen MR) is 64.2 cm³/mol. The Balaban J connectivity index is 2.30. The van der Waals surface area contributed by atoms with Crippen LogP contribution in [-0.4, -0.2) is 23.9 Å². The standard InChI is InChI=1S/C12H11F2N3O2/c13-12(14)3-5-16(6-4-12)10-2-1-9(8-15)7-11(10)17(18)19/h1-2,7H,3-6H2. The van der Waals surface area contributed by atoms with Crippen molar-refractivity contribution in [1.29, 1.82) is 5.26 Å². The van der Waals surface area contributed by atoms with Crippen molar-refractivity contribution in [3.05, 3.63) is 33.9 Å². The minimum absolute atomic E-state index is 0.0692. The van der Waals surface area contributed by atoms with Crippen molar-refractivity contribution in [2.24, 2.45) is 0 Å². The topological polar surface area (TPSA) is 70.2 Å². The number of alkyl halides is 2. The first-order chi connectivity index (χ1) is 8.93. The summed E-state index contributed by atoms with van der Waals surface area (Å²) in [4.78, 5) is 12.0. The Morgan fingerprint density at radius 3 is 2.53 bits per heavy atom. The van der Waals surface area contributed by atoms with Gasteiger partial charge in [-0.1, -0.05) is 0 Å². The summed E-state index contributed by atoms with van der Waals surface area (Å²) >= 11 is 0. The van der Waals surface area contributed by atoms with Crippen molar-refractivity contribution in [1.82, 2.24) is 0 Å². The van der Waals surface area contributed by atoms with E-state index in [2.05, 4.69) is 0 Å². The summed E-state index contributed by atoms with van der Waals surface area (Å²) in [5.74, 6) is -2.70. The molecule has 1 saturated heterocycles. The lowest BCUT2D eigenvalue weighted by molar-refractivity contribution is -0.384. The van der Waals surface area contributed by atoms with E-state index in [1.54, 1.807) is 4.90 Å². The van der Waals surface area contributed by atoms with E-state index >= 15 is 0 Å². The van der Waals surface area contributed by atoms with Crippen LogP contribution in [0.2, 0.25) is 0 Å². The zero-order valence-electron chi connectivity index (χ0n) is 9.97. The van der Waals surface area contributed by atoms with Crippen LogP contribution in [0.4, 0.5) is 20.2 Å². The van der Waals surface area contributed by atoms with E-state index in [1.165, 1.54) is 18.2 Å². The Labute approximate surface area is 108 Å². The zero-order valence-corrected chi connectivity index (χ0v) is 9.97. The molecule has 0 saturated carbocycles. The number of rotatable bonds is 2. The highest BCUT2D eigenvalue weighted by Gasteiger charge is 2.35. The molecular formula is C12H11F2N3O2. The Kier molecular flexibility index (Phi) is 3.34. The minimum Gasteiger partial charge on any atom is -0.366 e. The first-order valence-corrected chi connectivity index (χ1v) is 5.74. The molecule has 19 heavy (non-hydrogen) atoms. The highest BCUT2D eigenvalue weighted by Crippen LogP contribution is 2.35. The van der Waals surface area contributed by atoms with Crippen LogP contribution in [0.1, 0.15) is 18.4 Å². The second-order valence-electron chi connectivity index (χ2n) is 4.42. The van der Waals surface area contributed by atoms with Crippen molar-refractivity contribution in [2.75, 3.05) is 18.0 Å². The lowest BCUT2D eigenvalue weighted by Crippen LogP contribution is -2.39. The number of nitriles is 1. The number of piperidine rings is 1. The third-order valence-corrected chi connectivity index (χ3v) is 3.14. The molecule has 0 N–H and O–H groups in total. The van der Waals surface area contributed by atoms with E-state index in [9.17, 15) is 18.9 Å². The van der Waals surface area contributed by atoms with Crippen LogP contribution >= 0.6 is 0 Å². The van der Waals surface area contributed by atoms with Crippen molar-refractivity contribution in [3.63, 3.8) is 0 Å². The van der Waals surface area contributed by atoms with E-state index in [-0.39, 0.29) is 37.2 Å². The molecular weight excluding hydrogens is 256 g/mol. The molecule has 0 amide bonds. The fourth-order valence-corrected chi connectivity index (χ4v) is 2.08. The van der Waals surface area contributed by atoms with Gasteiger partial charge in [0.05, 0.1) is 16.6 Å². The number of hydrogen-bond acceptors (Lipinski definition) is 4. The molecule has 0 radical (unpaired) electrons. The van der Waals surface area contributed by atoms with Gasteiger partial charge in [0.2, 0.25) is 0 Å². The predicted octanol–water partition coefficient (Wildman–Crippen LogP) is 2.70. The normalized spacial score (nSPS) is 17.8. The van der Waals surface area contributed by atoms with Crippen LogP contribution in [-0.2, 0) is 0 Å². The average molecular weight is 267 g/mol. The maximum Gasteiger partial charge on any atom is 0.293 e. The maximum absolute atomic E-state index is 13.1. The van der Waals surface area contributed by atoms with Gasteiger partial charge in [-0.25, -0.2) is 8.78 Å². The summed E-state index contributed by atoms with van der Waals surface area (Å²) in [5.41, 5.74) is 0.251. The van der Waals surface area contributed by atoms with Gasteiger partial charge < -0.3 is 4.90 Å². The van der Waals surface area contributed by atoms with Gasteiger partial charge >= 0.3 is 0 Å². The molecule has 7 heteroatoms. The SMILES string of the molecule is N#Cc1ccc(N2CCC(F)(F)CC2)c([N+](=O)[O-])c1. The van der Waals surface area contributed by atoms with Crippen molar-refractivity contribution in [2.45, 2.75) is 18.8 Å². The third kappa shape index (κ3) is 2.78. The van der Waals surface area contributed by atoms with Gasteiger partial charge in [-0.2, -0.15) is 5.26 Å². The number of nitro groups is 1. The quantitative estimate of drug-likeness (QED) is 0.610. The number of halogens is 2. The Morgan fingerprint density at radius 2 is 2.00 bits per heavy atom. The molecule has 1 heterocycles. The van der Waals surface area contributed by atoms with Gasteiger partial charge in [0, 0.05) is 32.0 Å². The molecule has 0 atom stereocenters. The van der Waals surface area contributed by atoms with Crippen LogP contribution in [0.25, 0.3) is 0 Å². The molecule has 1 aliphatic heterocycles. The van der Waals surface area contributed by atoms with Crippen LogP contribution in [0.5, 0.6) is 0 Å². The Bertz CT molecular complexity index is 544. The molecule has 1 aromatic carbocycles. The lowest BCUT2D eigenvalue weighted by Gasteiger charge is -2.32. The molecule has 0 unspecified atom stereocenters. The van der Waals surface area contributed by atoms with Gasteiger partial charge in [-0.05, 0) is 12.1 Å². The molecule has 1 aromatic rings. The second kappa shape index (κ2) is 4.80. The summed E-state index contributed by atoms with van der Waals surface area (Å²) in [6.45, 7) is 0.138. The van der Waals surface area contributed by atoms with E-state index in [4.69, 9.17) is 5.26 Å². The highest BCUT2D eigenvalue weighted by molar-refractivity contribution is 5.65. The summed E-state index contributed by atoms with van der Waals surface area (Å²) in [7, 11) is 0. The van der Waals surface area contributed by atoms with Crippen molar-refractivity contribution in [3.8, 4) is 6.07 Å². The number of anilines is 1. The van der Waals surface area contributed by atoms with E-state index in [0.717, 1.165) is 0 Å². The van der Waals surface area contributed by atoms with Crippen LogP contribution in [0.15, 0.2) is 18.2 Å². The highest BCUT2D eigenvalue weighted by atomic mass is 19.3. The van der Waals surface area contributed by atoms with Gasteiger partial charge in [0.1, 0.15) is 5.69 Å². The van der Waals surface area contributed by atoms with Gasteiger partial charge in [-0.3, -0.25) is 10.1 Å². The Morgan fingerprint density at radius 1 is 1.37 bits per heavy atom. The lowest BCUT2D eigenvalue weighted by atomic mass is 10.1. The van der Waals surface area contributed by atoms with Crippen LogP contribution in [0.3, 0.4) is 0 Å². The molecule has 0 aliphatic carbocycles. The summed E-state index contributed by atoms with van der Waals surface area (Å²) in [6.07, 6.45) is -0.631. The van der Waals surface area contributed by atoms with Gasteiger partial charge in [0.25, 0.3) is 11.6 Å². The van der Waals surface area contributed by atoms with E-state index in [1.807, 2.05) is 6.07 Å². The maximum atomic E-state index is 13.1. The molecule has 0 bridgehead atoms. The van der Waals surface area contributed by atoms with Gasteiger partial charge in [0.15, 0.2) is 0 Å². The summed E-state index contributed by atoms with van der Waals surface area (Å²) in [5, 5.41) is 19.7. The molecule has 100 valence electrons. The average Bonchev–Trinajstić information content (AvgIpc) is 2.38. The first kappa shape index (κ1) is 13.2. The number of nitrogens with zero attached hydrogens (tertiary/aromatic N) is 3. The number of nitro benzene ring substituents is 1. The fraction of sp³-hybridized carbons (Fsp3) is 0.417. The number of hydrogen-bond donors (Lipinski definition) is 0. The summed E-state index contributed by atoms with van der Waals surface area (Å²) in [6, 6.07) is 5.89. The minimum atomic E-state index is -2.70. The Hall–Kier alpha value is -2.23. The molecule has 2 rings (SSSR count). The molecule has 0 aromatic heterocycles. The van der Waals surface area contributed by atoms with Crippen LogP contribution in [0, 0.1) is 21.4 Å². The fourth-order valence-electron chi connectivity index (χ4n) is 2.08. The second-order valence-corrected chi connectivity index (χ2v) is 4.42. The molecule has 1 fully saturated rings. The van der Waals surface area contributed by atoms with Crippen molar-refractivity contribution >= 4 is 11.4 Å². The monoisotopic (exact) mass is 267 g/mol. The largest absolute Gasteiger partial charge is 0.366 e. The molecule has 1 aliphatic rings. The third-order valence-electron chi connectivity index (χ3n) is 3.14.